The van der Waals surface area contributed by atoms with Gasteiger partial charge in [0.2, 0.25) is 0 Å². The fourth-order valence-electron chi connectivity index (χ4n) is 5.27. The van der Waals surface area contributed by atoms with Gasteiger partial charge in [0.1, 0.15) is 23.9 Å². The lowest BCUT2D eigenvalue weighted by Crippen LogP contribution is -2.49. The topological polar surface area (TPSA) is 72.4 Å². The first-order valence-electron chi connectivity index (χ1n) is 13.5. The van der Waals surface area contributed by atoms with Crippen molar-refractivity contribution in [3.8, 4) is 17.2 Å². The molecule has 0 spiro atoms. The number of piperidine rings is 1. The van der Waals surface area contributed by atoms with Gasteiger partial charge >= 0.3 is 0 Å². The highest BCUT2D eigenvalue weighted by Gasteiger charge is 2.34. The summed E-state index contributed by atoms with van der Waals surface area (Å²) >= 11 is 0. The summed E-state index contributed by atoms with van der Waals surface area (Å²) in [6.45, 7) is 6.95. The minimum Gasteiger partial charge on any atom is -0.490 e. The Morgan fingerprint density at radius 1 is 1.05 bits per heavy atom. The Kier molecular flexibility index (Phi) is 8.81. The lowest BCUT2D eigenvalue weighted by molar-refractivity contribution is -0.0328. The van der Waals surface area contributed by atoms with E-state index in [2.05, 4.69) is 22.3 Å². The Balaban J connectivity index is 1.26. The van der Waals surface area contributed by atoms with E-state index in [0.29, 0.717) is 26.3 Å². The molecule has 202 valence electrons. The van der Waals surface area contributed by atoms with Crippen LogP contribution in [0, 0.1) is 6.92 Å². The van der Waals surface area contributed by atoms with E-state index in [4.69, 9.17) is 18.9 Å². The minimum atomic E-state index is -0.537. The molecule has 3 unspecified atom stereocenters. The van der Waals surface area contributed by atoms with Crippen molar-refractivity contribution in [2.75, 3.05) is 51.4 Å². The molecular weight excluding hydrogens is 480 g/mol. The molecule has 0 aromatic heterocycles. The molecule has 3 aromatic carbocycles. The zero-order valence-electron chi connectivity index (χ0n) is 22.3. The van der Waals surface area contributed by atoms with Crippen molar-refractivity contribution in [3.63, 3.8) is 0 Å². The number of para-hydroxylation sites is 1. The number of fused-ring (bicyclic) bond motifs is 1. The molecule has 1 saturated heterocycles. The van der Waals surface area contributed by atoms with Crippen LogP contribution in [0.4, 0.5) is 5.69 Å². The Bertz CT molecular complexity index is 1190. The van der Waals surface area contributed by atoms with Gasteiger partial charge in [-0.3, -0.25) is 0 Å². The first-order valence-corrected chi connectivity index (χ1v) is 13.5. The highest BCUT2D eigenvalue weighted by molar-refractivity contribution is 5.61. The van der Waals surface area contributed by atoms with Gasteiger partial charge in [-0.1, -0.05) is 36.4 Å². The van der Waals surface area contributed by atoms with Crippen molar-refractivity contribution in [2.45, 2.75) is 38.1 Å². The number of β-amino-alcohol motifs (C(OH)–C–C–N with tert-alkyl or cyclic N) is 1. The molecule has 2 aliphatic heterocycles. The molecule has 0 amide bonds. The van der Waals surface area contributed by atoms with Crippen LogP contribution < -0.4 is 19.7 Å². The summed E-state index contributed by atoms with van der Waals surface area (Å²) in [4.78, 5) is 2.36. The number of aliphatic hydroxyl groups excluding tert-OH is 1. The third-order valence-electron chi connectivity index (χ3n) is 7.32. The third-order valence-corrected chi connectivity index (χ3v) is 7.32. The first-order chi connectivity index (χ1) is 18.6. The summed E-state index contributed by atoms with van der Waals surface area (Å²) in [5, 5.41) is 14.2. The first kappa shape index (κ1) is 26.5. The normalized spacial score (nSPS) is 21.0. The number of nitrogens with one attached hydrogen (secondary N) is 1. The maximum Gasteiger partial charge on any atom is 0.142 e. The monoisotopic (exact) mass is 518 g/mol. The second kappa shape index (κ2) is 12.6. The van der Waals surface area contributed by atoms with Crippen LogP contribution in [0.15, 0.2) is 66.7 Å². The van der Waals surface area contributed by atoms with E-state index >= 15 is 0 Å². The Labute approximate surface area is 225 Å². The van der Waals surface area contributed by atoms with E-state index in [9.17, 15) is 5.11 Å². The number of ether oxygens (including phenoxy) is 4. The van der Waals surface area contributed by atoms with Crippen LogP contribution in [0.3, 0.4) is 0 Å². The van der Waals surface area contributed by atoms with Crippen LogP contribution in [-0.4, -0.2) is 63.8 Å². The van der Waals surface area contributed by atoms with Gasteiger partial charge in [0.25, 0.3) is 0 Å². The Morgan fingerprint density at radius 2 is 1.89 bits per heavy atom. The molecule has 0 bridgehead atoms. The van der Waals surface area contributed by atoms with Gasteiger partial charge in [-0.05, 0) is 60.4 Å². The number of methoxy groups -OCH3 is 1. The second-order valence-electron chi connectivity index (χ2n) is 10.0. The fourth-order valence-corrected chi connectivity index (χ4v) is 5.27. The minimum absolute atomic E-state index is 0.129. The molecule has 1 fully saturated rings. The molecule has 0 radical (unpaired) electrons. The van der Waals surface area contributed by atoms with E-state index in [1.54, 1.807) is 7.11 Å². The van der Waals surface area contributed by atoms with E-state index < -0.39 is 6.10 Å². The average Bonchev–Trinajstić information content (AvgIpc) is 2.94. The molecule has 3 atom stereocenters. The second-order valence-corrected chi connectivity index (χ2v) is 10.0. The predicted molar refractivity (Wildman–Crippen MR) is 149 cm³/mol. The summed E-state index contributed by atoms with van der Waals surface area (Å²) in [6.07, 6.45) is 0.274. The average molecular weight is 519 g/mol. The molecule has 7 nitrogen and oxygen atoms in total. The van der Waals surface area contributed by atoms with E-state index in [-0.39, 0.29) is 12.0 Å². The maximum absolute atomic E-state index is 10.9. The van der Waals surface area contributed by atoms with Crippen molar-refractivity contribution in [2.24, 2.45) is 0 Å². The van der Waals surface area contributed by atoms with Gasteiger partial charge in [0, 0.05) is 39.3 Å². The van der Waals surface area contributed by atoms with E-state index in [1.807, 2.05) is 61.5 Å². The molecule has 0 aliphatic carbocycles. The standard InChI is InChI=1S/C31H38N2O5/c1-22-6-3-4-7-28(22)38-25-11-9-24(10-12-25)31-27(34)19-32-20-30(31)37-21-23-8-13-29-26(18-23)33(15-17-36-29)14-5-16-35-2/h3-4,6-13,18,27,30-32,34H,5,14-17,19-21H2,1-2H3. The lowest BCUT2D eigenvalue weighted by atomic mass is 9.85. The van der Waals surface area contributed by atoms with Gasteiger partial charge in [-0.25, -0.2) is 0 Å². The quantitative estimate of drug-likeness (QED) is 0.379. The Morgan fingerprint density at radius 3 is 2.71 bits per heavy atom. The number of rotatable bonds is 10. The zero-order chi connectivity index (χ0) is 26.3. The van der Waals surface area contributed by atoms with E-state index in [0.717, 1.165) is 65.7 Å². The van der Waals surface area contributed by atoms with Crippen LogP contribution in [0.25, 0.3) is 0 Å². The van der Waals surface area contributed by atoms with Crippen LogP contribution in [0.1, 0.15) is 29.0 Å². The number of nitrogens with zero attached hydrogens (tertiary/aromatic N) is 1. The highest BCUT2D eigenvalue weighted by atomic mass is 16.5. The number of anilines is 1. The largest absolute Gasteiger partial charge is 0.490 e. The summed E-state index contributed by atoms with van der Waals surface area (Å²) < 4.78 is 23.6. The molecule has 2 aliphatic rings. The number of aliphatic hydroxyl groups is 1. The van der Waals surface area contributed by atoms with Crippen LogP contribution in [-0.2, 0) is 16.1 Å². The van der Waals surface area contributed by atoms with Crippen molar-refractivity contribution < 1.29 is 24.1 Å². The van der Waals surface area contributed by atoms with Gasteiger partial charge in [0.05, 0.1) is 31.0 Å². The predicted octanol–water partition coefficient (Wildman–Crippen LogP) is 4.66. The molecule has 38 heavy (non-hydrogen) atoms. The lowest BCUT2D eigenvalue weighted by Gasteiger charge is -2.36. The van der Waals surface area contributed by atoms with Crippen molar-refractivity contribution in [1.29, 1.82) is 0 Å². The van der Waals surface area contributed by atoms with E-state index in [1.165, 1.54) is 0 Å². The number of hydrogen-bond acceptors (Lipinski definition) is 7. The smallest absolute Gasteiger partial charge is 0.142 e. The highest BCUT2D eigenvalue weighted by Crippen LogP contribution is 2.35. The van der Waals surface area contributed by atoms with Gasteiger partial charge in [0.15, 0.2) is 0 Å². The van der Waals surface area contributed by atoms with Crippen molar-refractivity contribution in [3.05, 3.63) is 83.4 Å². The summed E-state index contributed by atoms with van der Waals surface area (Å²) in [5.74, 6) is 2.40. The summed E-state index contributed by atoms with van der Waals surface area (Å²) in [5.41, 5.74) is 4.33. The van der Waals surface area contributed by atoms with Crippen LogP contribution in [0.2, 0.25) is 0 Å². The molecule has 3 aromatic rings. The molecule has 0 saturated carbocycles. The molecule has 2 heterocycles. The van der Waals surface area contributed by atoms with Crippen molar-refractivity contribution >= 4 is 5.69 Å². The molecule has 2 N–H and O–H groups in total. The number of hydrogen-bond donors (Lipinski definition) is 2. The van der Waals surface area contributed by atoms with Crippen molar-refractivity contribution in [1.82, 2.24) is 5.32 Å². The van der Waals surface area contributed by atoms with Gasteiger partial charge < -0.3 is 34.3 Å². The van der Waals surface area contributed by atoms with Crippen LogP contribution in [0.5, 0.6) is 17.2 Å². The Hall–Kier alpha value is -3.10. The maximum atomic E-state index is 10.9. The van der Waals surface area contributed by atoms with Gasteiger partial charge in [-0.15, -0.1) is 0 Å². The third kappa shape index (κ3) is 6.30. The number of aryl methyl sites for hydroxylation is 1. The molecular formula is C31H38N2O5. The van der Waals surface area contributed by atoms with Gasteiger partial charge in [-0.2, -0.15) is 0 Å². The SMILES string of the molecule is COCCCN1CCOc2ccc(COC3CNCC(O)C3c3ccc(Oc4ccccc4C)cc3)cc21. The fraction of sp³-hybridized carbons (Fsp3) is 0.419. The molecule has 5 rings (SSSR count). The van der Waals surface area contributed by atoms with Crippen LogP contribution >= 0.6 is 0 Å². The number of benzene rings is 3. The summed E-state index contributed by atoms with van der Waals surface area (Å²) in [6, 6.07) is 22.3. The molecule has 7 heteroatoms. The summed E-state index contributed by atoms with van der Waals surface area (Å²) in [7, 11) is 1.74. The zero-order valence-corrected chi connectivity index (χ0v) is 22.3.